The average Bonchev–Trinajstić information content (AvgIpc) is 2.76. The van der Waals surface area contributed by atoms with Gasteiger partial charge in [-0.15, -0.1) is 0 Å². The molecule has 2 heterocycles. The van der Waals surface area contributed by atoms with Crippen LogP contribution in [0.2, 0.25) is 5.15 Å². The number of hydrazone groups is 1. The van der Waals surface area contributed by atoms with Crippen molar-refractivity contribution >= 4 is 62.9 Å². The summed E-state index contributed by atoms with van der Waals surface area (Å²) in [7, 11) is 0. The Morgan fingerprint density at radius 3 is 3.00 bits per heavy atom. The van der Waals surface area contributed by atoms with Crippen molar-refractivity contribution in [1.29, 1.82) is 0 Å². The zero-order chi connectivity index (χ0) is 15.0. The molecule has 1 aliphatic rings. The lowest BCUT2D eigenvalue weighted by Crippen LogP contribution is -2.22. The number of rotatable bonds is 2. The van der Waals surface area contributed by atoms with Gasteiger partial charge in [0.15, 0.2) is 4.32 Å². The summed E-state index contributed by atoms with van der Waals surface area (Å²) in [4.78, 5) is 15.9. The Hall–Kier alpha value is -1.50. The fourth-order valence-corrected chi connectivity index (χ4v) is 3.10. The Bertz CT molecular complexity index is 775. The quantitative estimate of drug-likeness (QED) is 0.479. The van der Waals surface area contributed by atoms with Crippen molar-refractivity contribution < 1.29 is 4.79 Å². The first-order chi connectivity index (χ1) is 10.0. The van der Waals surface area contributed by atoms with Gasteiger partial charge in [0, 0.05) is 10.9 Å². The minimum absolute atomic E-state index is 0.123. The highest BCUT2D eigenvalue weighted by atomic mass is 35.5. The van der Waals surface area contributed by atoms with Crippen molar-refractivity contribution in [3.8, 4) is 0 Å². The first-order valence-corrected chi connectivity index (χ1v) is 7.92. The smallest absolute Gasteiger partial charge is 0.259 e. The molecule has 0 aliphatic carbocycles. The lowest BCUT2D eigenvalue weighted by Gasteiger charge is -2.07. The van der Waals surface area contributed by atoms with Gasteiger partial charge in [0.1, 0.15) is 5.15 Å². The summed E-state index contributed by atoms with van der Waals surface area (Å²) in [6.07, 6.45) is 1.52. The Morgan fingerprint density at radius 2 is 2.29 bits per heavy atom. The number of aryl methyl sites for hydroxylation is 1. The molecule has 4 nitrogen and oxygen atoms in total. The van der Waals surface area contributed by atoms with E-state index in [2.05, 4.69) is 10.1 Å². The van der Waals surface area contributed by atoms with Crippen LogP contribution in [0.5, 0.6) is 0 Å². The predicted octanol–water partition coefficient (Wildman–Crippen LogP) is 3.39. The van der Waals surface area contributed by atoms with Crippen molar-refractivity contribution in [1.82, 2.24) is 9.99 Å². The summed E-state index contributed by atoms with van der Waals surface area (Å²) in [6.45, 7) is 2.00. The van der Waals surface area contributed by atoms with Crippen LogP contribution in [0, 0.1) is 6.92 Å². The molecule has 0 radical (unpaired) electrons. The van der Waals surface area contributed by atoms with E-state index in [1.54, 1.807) is 0 Å². The Morgan fingerprint density at radius 1 is 1.48 bits per heavy atom. The summed E-state index contributed by atoms with van der Waals surface area (Å²) >= 11 is 12.5. The van der Waals surface area contributed by atoms with E-state index >= 15 is 0 Å². The highest BCUT2D eigenvalue weighted by molar-refractivity contribution is 8.23. The molecule has 0 N–H and O–H groups in total. The van der Waals surface area contributed by atoms with Crippen molar-refractivity contribution in [2.45, 2.75) is 6.92 Å². The van der Waals surface area contributed by atoms with E-state index in [0.29, 0.717) is 20.8 Å². The molecular weight excluding hydrogens is 326 g/mol. The molecular formula is C14H10ClN3OS2. The molecule has 1 saturated heterocycles. The van der Waals surface area contributed by atoms with E-state index in [0.717, 1.165) is 16.5 Å². The third kappa shape index (κ3) is 2.92. The Balaban J connectivity index is 1.97. The third-order valence-corrected chi connectivity index (χ3v) is 4.63. The normalized spacial score (nSPS) is 15.6. The van der Waals surface area contributed by atoms with Crippen molar-refractivity contribution in [3.63, 3.8) is 0 Å². The van der Waals surface area contributed by atoms with Gasteiger partial charge in [0.05, 0.1) is 17.5 Å². The van der Waals surface area contributed by atoms with Gasteiger partial charge in [-0.2, -0.15) is 10.1 Å². The Kier molecular flexibility index (Phi) is 3.93. The summed E-state index contributed by atoms with van der Waals surface area (Å²) in [5.41, 5.74) is 2.61. The van der Waals surface area contributed by atoms with E-state index < -0.39 is 0 Å². The Labute approximate surface area is 136 Å². The summed E-state index contributed by atoms with van der Waals surface area (Å²) < 4.78 is 0.455. The third-order valence-electron chi connectivity index (χ3n) is 2.99. The fraction of sp³-hybridized carbons (Fsp3) is 0.143. The van der Waals surface area contributed by atoms with Crippen LogP contribution in [-0.2, 0) is 4.79 Å². The lowest BCUT2D eigenvalue weighted by atomic mass is 10.1. The van der Waals surface area contributed by atoms with Gasteiger partial charge in [0.25, 0.3) is 5.91 Å². The molecule has 1 amide bonds. The van der Waals surface area contributed by atoms with Crippen LogP contribution in [0.3, 0.4) is 0 Å². The number of amides is 1. The number of nitrogens with zero attached hydrogens (tertiary/aromatic N) is 3. The van der Waals surface area contributed by atoms with E-state index in [1.807, 2.05) is 31.2 Å². The zero-order valence-corrected chi connectivity index (χ0v) is 13.4. The first kappa shape index (κ1) is 14.4. The highest BCUT2D eigenvalue weighted by Gasteiger charge is 2.26. The van der Waals surface area contributed by atoms with E-state index in [4.69, 9.17) is 23.8 Å². The molecule has 1 aromatic carbocycles. The summed E-state index contributed by atoms with van der Waals surface area (Å²) in [5, 5.41) is 6.65. The van der Waals surface area contributed by atoms with Gasteiger partial charge in [-0.3, -0.25) is 4.79 Å². The standard InChI is InChI=1S/C14H10ClN3OS2/c1-8-2-3-9-5-10(13(15)17-11(9)4-8)6-16-18-12(19)7-21-14(18)20/h2-6H,7H2,1H3. The van der Waals surface area contributed by atoms with E-state index in [1.165, 1.54) is 23.0 Å². The van der Waals surface area contributed by atoms with Crippen LogP contribution < -0.4 is 0 Å². The van der Waals surface area contributed by atoms with E-state index in [-0.39, 0.29) is 5.91 Å². The highest BCUT2D eigenvalue weighted by Crippen LogP contribution is 2.22. The molecule has 0 saturated carbocycles. The SMILES string of the molecule is Cc1ccc2cc(C=NN3C(=O)CSC3=S)c(Cl)nc2c1. The van der Waals surface area contributed by atoms with Crippen molar-refractivity contribution in [2.24, 2.45) is 5.10 Å². The van der Waals surface area contributed by atoms with Crippen molar-refractivity contribution in [2.75, 3.05) is 5.75 Å². The second kappa shape index (κ2) is 5.71. The van der Waals surface area contributed by atoms with Gasteiger partial charge >= 0.3 is 0 Å². The molecule has 7 heteroatoms. The van der Waals surface area contributed by atoms with Gasteiger partial charge < -0.3 is 0 Å². The number of thiocarbonyl (C=S) groups is 1. The van der Waals surface area contributed by atoms with Gasteiger partial charge in [0.2, 0.25) is 0 Å². The summed E-state index contributed by atoms with van der Waals surface area (Å²) in [6, 6.07) is 7.85. The maximum Gasteiger partial charge on any atom is 0.259 e. The molecule has 0 bridgehead atoms. The molecule has 106 valence electrons. The summed E-state index contributed by atoms with van der Waals surface area (Å²) in [5.74, 6) is 0.209. The number of pyridine rings is 1. The second-order valence-electron chi connectivity index (χ2n) is 4.57. The molecule has 1 fully saturated rings. The van der Waals surface area contributed by atoms with Crippen LogP contribution in [0.4, 0.5) is 0 Å². The number of hydrogen-bond donors (Lipinski definition) is 0. The second-order valence-corrected chi connectivity index (χ2v) is 6.54. The number of hydrogen-bond acceptors (Lipinski definition) is 5. The molecule has 1 aliphatic heterocycles. The molecule has 1 aromatic heterocycles. The molecule has 0 spiro atoms. The minimum atomic E-state index is -0.123. The van der Waals surface area contributed by atoms with Gasteiger partial charge in [-0.05, 0) is 24.6 Å². The monoisotopic (exact) mass is 335 g/mol. The average molecular weight is 336 g/mol. The minimum Gasteiger partial charge on any atom is -0.272 e. The van der Waals surface area contributed by atoms with Crippen LogP contribution in [0.1, 0.15) is 11.1 Å². The number of thioether (sulfide) groups is 1. The van der Waals surface area contributed by atoms with Crippen LogP contribution >= 0.6 is 35.6 Å². The first-order valence-electron chi connectivity index (χ1n) is 6.15. The molecule has 3 rings (SSSR count). The maximum atomic E-state index is 11.6. The molecule has 2 aromatic rings. The number of fused-ring (bicyclic) bond motifs is 1. The number of aromatic nitrogens is 1. The molecule has 0 unspecified atom stereocenters. The number of benzene rings is 1. The van der Waals surface area contributed by atoms with Crippen molar-refractivity contribution in [3.05, 3.63) is 40.5 Å². The predicted molar refractivity (Wildman–Crippen MR) is 91.0 cm³/mol. The lowest BCUT2D eigenvalue weighted by molar-refractivity contribution is -0.123. The fourth-order valence-electron chi connectivity index (χ4n) is 1.94. The van der Waals surface area contributed by atoms with Gasteiger partial charge in [-0.1, -0.05) is 47.7 Å². The molecule has 0 atom stereocenters. The maximum absolute atomic E-state index is 11.6. The topological polar surface area (TPSA) is 45.6 Å². The van der Waals surface area contributed by atoms with Crippen LogP contribution in [-0.4, -0.2) is 32.2 Å². The van der Waals surface area contributed by atoms with Gasteiger partial charge in [-0.25, -0.2) is 4.98 Å². The largest absolute Gasteiger partial charge is 0.272 e. The van der Waals surface area contributed by atoms with E-state index in [9.17, 15) is 4.79 Å². The van der Waals surface area contributed by atoms with Crippen LogP contribution in [0.15, 0.2) is 29.4 Å². The number of halogens is 1. The number of carbonyl (C=O) groups excluding carboxylic acids is 1. The number of carbonyl (C=O) groups is 1. The van der Waals surface area contributed by atoms with Crippen LogP contribution in [0.25, 0.3) is 10.9 Å². The molecule has 21 heavy (non-hydrogen) atoms. The zero-order valence-electron chi connectivity index (χ0n) is 11.0.